The summed E-state index contributed by atoms with van der Waals surface area (Å²) in [5, 5.41) is 15.3. The Morgan fingerprint density at radius 1 is 1.00 bits per heavy atom. The molecule has 0 unspecified atom stereocenters. The molecule has 0 saturated heterocycles. The largest absolute Gasteiger partial charge is 0.332 e. The van der Waals surface area contributed by atoms with Crippen LogP contribution in [0.3, 0.4) is 0 Å². The van der Waals surface area contributed by atoms with Gasteiger partial charge in [-0.25, -0.2) is 0 Å². The molecule has 33 heavy (non-hydrogen) atoms. The second-order valence-corrected chi connectivity index (χ2v) is 8.76. The van der Waals surface area contributed by atoms with Crippen LogP contribution in [0.4, 0.5) is 5.69 Å². The fourth-order valence-corrected chi connectivity index (χ4v) is 3.73. The Kier molecular flexibility index (Phi) is 6.51. The van der Waals surface area contributed by atoms with E-state index in [0.29, 0.717) is 11.5 Å². The van der Waals surface area contributed by atoms with E-state index in [9.17, 15) is 4.79 Å². The second kappa shape index (κ2) is 9.50. The van der Waals surface area contributed by atoms with Gasteiger partial charge in [-0.15, -0.1) is 10.2 Å². The average Bonchev–Trinajstić information content (AvgIpc) is 3.22. The number of amides is 1. The molecule has 0 aliphatic carbocycles. The SMILES string of the molecule is CCc1ccc(-n2nc3cc(C)c(NC(=S)NC(=O)c4ccc(C(C)C)cc4)cc3n2)cc1. The quantitative estimate of drug-likeness (QED) is 0.385. The van der Waals surface area contributed by atoms with E-state index in [2.05, 4.69) is 53.7 Å². The van der Waals surface area contributed by atoms with E-state index < -0.39 is 0 Å². The highest BCUT2D eigenvalue weighted by Crippen LogP contribution is 2.22. The molecule has 0 spiro atoms. The van der Waals surface area contributed by atoms with E-state index in [1.54, 1.807) is 4.80 Å². The monoisotopic (exact) mass is 457 g/mol. The maximum absolute atomic E-state index is 12.6. The number of aryl methyl sites for hydroxylation is 2. The Morgan fingerprint density at radius 3 is 2.24 bits per heavy atom. The third kappa shape index (κ3) is 5.09. The van der Waals surface area contributed by atoms with Crippen molar-refractivity contribution in [3.05, 3.63) is 82.9 Å². The highest BCUT2D eigenvalue weighted by atomic mass is 32.1. The molecule has 2 N–H and O–H groups in total. The van der Waals surface area contributed by atoms with Crippen molar-refractivity contribution in [2.24, 2.45) is 0 Å². The molecule has 0 saturated carbocycles. The number of carbonyl (C=O) groups is 1. The van der Waals surface area contributed by atoms with Crippen molar-refractivity contribution >= 4 is 40.0 Å². The Balaban J connectivity index is 1.48. The third-order valence-corrected chi connectivity index (χ3v) is 5.82. The molecule has 0 radical (unpaired) electrons. The maximum atomic E-state index is 12.6. The first-order valence-electron chi connectivity index (χ1n) is 11.0. The van der Waals surface area contributed by atoms with E-state index in [-0.39, 0.29) is 11.0 Å². The van der Waals surface area contributed by atoms with E-state index in [1.807, 2.05) is 55.5 Å². The van der Waals surface area contributed by atoms with Crippen molar-refractivity contribution in [2.45, 2.75) is 40.0 Å². The zero-order valence-corrected chi connectivity index (χ0v) is 20.0. The number of aromatic nitrogens is 3. The zero-order chi connectivity index (χ0) is 23.5. The summed E-state index contributed by atoms with van der Waals surface area (Å²) >= 11 is 5.38. The van der Waals surface area contributed by atoms with Gasteiger partial charge < -0.3 is 5.32 Å². The van der Waals surface area contributed by atoms with Crippen LogP contribution in [0.15, 0.2) is 60.7 Å². The molecular weight excluding hydrogens is 430 g/mol. The number of rotatable bonds is 5. The van der Waals surface area contributed by atoms with E-state index in [4.69, 9.17) is 12.2 Å². The van der Waals surface area contributed by atoms with Crippen LogP contribution in [0.5, 0.6) is 0 Å². The minimum Gasteiger partial charge on any atom is -0.332 e. The summed E-state index contributed by atoms with van der Waals surface area (Å²) in [6, 6.07) is 19.6. The first-order chi connectivity index (χ1) is 15.8. The van der Waals surface area contributed by atoms with Crippen molar-refractivity contribution in [1.82, 2.24) is 20.3 Å². The van der Waals surface area contributed by atoms with Gasteiger partial charge in [-0.2, -0.15) is 4.80 Å². The van der Waals surface area contributed by atoms with Crippen LogP contribution in [-0.4, -0.2) is 26.0 Å². The second-order valence-electron chi connectivity index (χ2n) is 8.35. The number of fused-ring (bicyclic) bond motifs is 1. The summed E-state index contributed by atoms with van der Waals surface area (Å²) in [5.74, 6) is 0.166. The molecule has 0 bridgehead atoms. The smallest absolute Gasteiger partial charge is 0.257 e. The normalized spacial score (nSPS) is 11.1. The van der Waals surface area contributed by atoms with Gasteiger partial charge in [-0.1, -0.05) is 45.0 Å². The Bertz CT molecular complexity index is 1310. The average molecular weight is 458 g/mol. The molecule has 1 aromatic heterocycles. The molecule has 3 aromatic carbocycles. The molecule has 4 aromatic rings. The summed E-state index contributed by atoms with van der Waals surface area (Å²) in [7, 11) is 0. The summed E-state index contributed by atoms with van der Waals surface area (Å²) in [4.78, 5) is 14.2. The predicted octanol–water partition coefficient (Wildman–Crippen LogP) is 5.54. The molecule has 1 amide bonds. The minimum absolute atomic E-state index is 0.234. The summed E-state index contributed by atoms with van der Waals surface area (Å²) < 4.78 is 0. The van der Waals surface area contributed by atoms with Gasteiger partial charge in [0, 0.05) is 11.3 Å². The number of hydrogen-bond acceptors (Lipinski definition) is 4. The Morgan fingerprint density at radius 2 is 1.64 bits per heavy atom. The van der Waals surface area contributed by atoms with Gasteiger partial charge in [0.2, 0.25) is 0 Å². The van der Waals surface area contributed by atoms with E-state index in [0.717, 1.165) is 34.4 Å². The van der Waals surface area contributed by atoms with Crippen LogP contribution in [0.2, 0.25) is 0 Å². The number of hydrogen-bond donors (Lipinski definition) is 2. The highest BCUT2D eigenvalue weighted by Gasteiger charge is 2.12. The molecule has 0 fully saturated rings. The molecule has 1 heterocycles. The van der Waals surface area contributed by atoms with Gasteiger partial charge in [0.05, 0.1) is 5.69 Å². The molecule has 0 aliphatic heterocycles. The standard InChI is InChI=1S/C26H27N5OS/c1-5-18-6-12-21(13-7-18)31-29-23-14-17(4)22(15-24(23)30-31)27-26(33)28-25(32)20-10-8-19(9-11-20)16(2)3/h6-16H,5H2,1-4H3,(H2,27,28,32,33). The number of anilines is 1. The van der Waals surface area contributed by atoms with Gasteiger partial charge in [-0.3, -0.25) is 10.1 Å². The zero-order valence-electron chi connectivity index (χ0n) is 19.2. The van der Waals surface area contributed by atoms with Crippen LogP contribution >= 0.6 is 12.2 Å². The Labute approximate surface area is 199 Å². The van der Waals surface area contributed by atoms with Gasteiger partial charge in [0.1, 0.15) is 11.0 Å². The molecular formula is C26H27N5OS. The maximum Gasteiger partial charge on any atom is 0.257 e. The summed E-state index contributed by atoms with van der Waals surface area (Å²) in [6.45, 7) is 8.33. The highest BCUT2D eigenvalue weighted by molar-refractivity contribution is 7.80. The van der Waals surface area contributed by atoms with Crippen LogP contribution in [-0.2, 0) is 6.42 Å². The topological polar surface area (TPSA) is 71.8 Å². The number of nitrogens with one attached hydrogen (secondary N) is 2. The van der Waals surface area contributed by atoms with Crippen molar-refractivity contribution in [2.75, 3.05) is 5.32 Å². The molecule has 0 aliphatic rings. The molecule has 7 heteroatoms. The lowest BCUT2D eigenvalue weighted by molar-refractivity contribution is 0.0977. The van der Waals surface area contributed by atoms with Crippen LogP contribution in [0.1, 0.15) is 53.7 Å². The van der Waals surface area contributed by atoms with E-state index in [1.165, 1.54) is 11.1 Å². The van der Waals surface area contributed by atoms with Gasteiger partial charge in [-0.05, 0) is 84.6 Å². The number of benzene rings is 3. The number of nitrogens with zero attached hydrogens (tertiary/aromatic N) is 3. The lowest BCUT2D eigenvalue weighted by Crippen LogP contribution is -2.34. The Hall–Kier alpha value is -3.58. The molecule has 4 rings (SSSR count). The van der Waals surface area contributed by atoms with Crippen LogP contribution < -0.4 is 10.6 Å². The summed E-state index contributed by atoms with van der Waals surface area (Å²) in [6.07, 6.45) is 0.989. The fourth-order valence-electron chi connectivity index (χ4n) is 3.53. The first-order valence-corrected chi connectivity index (χ1v) is 11.4. The van der Waals surface area contributed by atoms with Gasteiger partial charge >= 0.3 is 0 Å². The summed E-state index contributed by atoms with van der Waals surface area (Å²) in [5.41, 5.74) is 7.17. The molecule has 0 atom stereocenters. The number of thiocarbonyl (C=S) groups is 1. The molecule has 6 nitrogen and oxygen atoms in total. The molecule has 168 valence electrons. The third-order valence-electron chi connectivity index (χ3n) is 5.62. The van der Waals surface area contributed by atoms with Crippen LogP contribution in [0, 0.1) is 6.92 Å². The van der Waals surface area contributed by atoms with Crippen LogP contribution in [0.25, 0.3) is 16.7 Å². The predicted molar refractivity (Wildman–Crippen MR) is 137 cm³/mol. The lowest BCUT2D eigenvalue weighted by atomic mass is 10.0. The first kappa shape index (κ1) is 22.6. The van der Waals surface area contributed by atoms with Crippen molar-refractivity contribution in [1.29, 1.82) is 0 Å². The van der Waals surface area contributed by atoms with Gasteiger partial charge in [0.25, 0.3) is 5.91 Å². The fraction of sp³-hybridized carbons (Fsp3) is 0.231. The van der Waals surface area contributed by atoms with Gasteiger partial charge in [0.15, 0.2) is 5.11 Å². The number of carbonyl (C=O) groups excluding carboxylic acids is 1. The van der Waals surface area contributed by atoms with Crippen molar-refractivity contribution in [3.8, 4) is 5.69 Å². The minimum atomic E-state index is -0.247. The van der Waals surface area contributed by atoms with Crippen molar-refractivity contribution in [3.63, 3.8) is 0 Å². The lowest BCUT2D eigenvalue weighted by Gasteiger charge is -2.12. The van der Waals surface area contributed by atoms with E-state index >= 15 is 0 Å². The van der Waals surface area contributed by atoms with Crippen molar-refractivity contribution < 1.29 is 4.79 Å².